The third kappa shape index (κ3) is 4.35. The second kappa shape index (κ2) is 8.82. The molecule has 0 aliphatic heterocycles. The first-order valence-corrected chi connectivity index (χ1v) is 10.6. The van der Waals surface area contributed by atoms with Crippen molar-refractivity contribution >= 4 is 44.1 Å². The molecule has 1 aromatic carbocycles. The van der Waals surface area contributed by atoms with E-state index in [1.54, 1.807) is 12.1 Å². The van der Waals surface area contributed by atoms with Crippen molar-refractivity contribution in [2.24, 2.45) is 0 Å². The number of amides is 1. The quantitative estimate of drug-likeness (QED) is 0.491. The van der Waals surface area contributed by atoms with Gasteiger partial charge in [0, 0.05) is 14.9 Å². The lowest BCUT2D eigenvalue weighted by atomic mass is 10.1. The Balaban J connectivity index is 1.91. The van der Waals surface area contributed by atoms with Gasteiger partial charge in [-0.1, -0.05) is 29.3 Å². The van der Waals surface area contributed by atoms with E-state index in [0.29, 0.717) is 22.7 Å². The Hall–Kier alpha value is -1.66. The molecular formula is C20H22BrNO3S. The summed E-state index contributed by atoms with van der Waals surface area (Å²) in [6.45, 7) is 2.36. The highest BCUT2D eigenvalue weighted by Gasteiger charge is 2.26. The van der Waals surface area contributed by atoms with Crippen molar-refractivity contribution in [3.63, 3.8) is 0 Å². The normalized spacial score (nSPS) is 13.6. The maximum atomic E-state index is 12.7. The molecule has 3 rings (SSSR count). The monoisotopic (exact) mass is 435 g/mol. The highest BCUT2D eigenvalue weighted by molar-refractivity contribution is 9.10. The number of aryl methyl sites for hydroxylation is 1. The summed E-state index contributed by atoms with van der Waals surface area (Å²) >= 11 is 4.89. The Labute approximate surface area is 166 Å². The summed E-state index contributed by atoms with van der Waals surface area (Å²) in [7, 11) is 0. The van der Waals surface area contributed by atoms with Gasteiger partial charge in [-0.2, -0.15) is 0 Å². The lowest BCUT2D eigenvalue weighted by Gasteiger charge is -2.09. The zero-order valence-electron chi connectivity index (χ0n) is 14.8. The van der Waals surface area contributed by atoms with Crippen LogP contribution in [0.5, 0.6) is 0 Å². The number of benzene rings is 1. The number of halogens is 1. The molecule has 138 valence electrons. The zero-order chi connectivity index (χ0) is 18.5. The Morgan fingerprint density at radius 1 is 1.15 bits per heavy atom. The second-order valence-electron chi connectivity index (χ2n) is 6.37. The predicted molar refractivity (Wildman–Crippen MR) is 108 cm³/mol. The topological polar surface area (TPSA) is 55.4 Å². The van der Waals surface area contributed by atoms with Gasteiger partial charge in [-0.15, -0.1) is 11.3 Å². The number of hydrogen-bond donors (Lipinski definition) is 1. The van der Waals surface area contributed by atoms with Gasteiger partial charge in [0.15, 0.2) is 0 Å². The van der Waals surface area contributed by atoms with E-state index in [2.05, 4.69) is 21.2 Å². The van der Waals surface area contributed by atoms with Gasteiger partial charge in [-0.05, 0) is 61.9 Å². The van der Waals surface area contributed by atoms with Crippen molar-refractivity contribution in [1.29, 1.82) is 0 Å². The van der Waals surface area contributed by atoms with E-state index in [0.717, 1.165) is 42.1 Å². The molecule has 26 heavy (non-hydrogen) atoms. The van der Waals surface area contributed by atoms with Crippen molar-refractivity contribution in [2.45, 2.75) is 45.4 Å². The van der Waals surface area contributed by atoms with E-state index in [-0.39, 0.29) is 11.9 Å². The predicted octanol–water partition coefficient (Wildman–Crippen LogP) is 5.60. The van der Waals surface area contributed by atoms with Crippen molar-refractivity contribution in [3.05, 3.63) is 50.3 Å². The van der Waals surface area contributed by atoms with Crippen molar-refractivity contribution < 1.29 is 14.3 Å². The molecular weight excluding hydrogens is 414 g/mol. The van der Waals surface area contributed by atoms with Gasteiger partial charge in [0.2, 0.25) is 0 Å². The summed E-state index contributed by atoms with van der Waals surface area (Å²) in [6.07, 6.45) is 5.97. The second-order valence-corrected chi connectivity index (χ2v) is 8.39. The number of fused-ring (bicyclic) bond motifs is 1. The first-order valence-electron chi connectivity index (χ1n) is 8.98. The molecule has 0 saturated carbocycles. The van der Waals surface area contributed by atoms with Gasteiger partial charge >= 0.3 is 5.97 Å². The third-order valence-corrected chi connectivity index (χ3v) is 6.13. The van der Waals surface area contributed by atoms with Crippen LogP contribution in [0.3, 0.4) is 0 Å². The Kier molecular flexibility index (Phi) is 6.48. The number of anilines is 1. The first kappa shape index (κ1) is 19.1. The van der Waals surface area contributed by atoms with Gasteiger partial charge in [0.1, 0.15) is 5.00 Å². The highest BCUT2D eigenvalue weighted by atomic mass is 79.9. The molecule has 0 fully saturated rings. The smallest absolute Gasteiger partial charge is 0.341 e. The van der Waals surface area contributed by atoms with E-state index in [4.69, 9.17) is 4.74 Å². The van der Waals surface area contributed by atoms with E-state index in [1.807, 2.05) is 19.1 Å². The lowest BCUT2D eigenvalue weighted by molar-refractivity contribution is 0.0505. The van der Waals surface area contributed by atoms with Crippen LogP contribution < -0.4 is 5.32 Å². The Morgan fingerprint density at radius 3 is 2.62 bits per heavy atom. The molecule has 0 unspecified atom stereocenters. The Morgan fingerprint density at radius 2 is 1.88 bits per heavy atom. The van der Waals surface area contributed by atoms with Gasteiger partial charge in [-0.3, -0.25) is 4.79 Å². The van der Waals surface area contributed by atoms with E-state index >= 15 is 0 Å². The molecule has 2 aromatic rings. The fourth-order valence-corrected chi connectivity index (χ4v) is 4.63. The number of carbonyl (C=O) groups excluding carboxylic acids is 2. The summed E-state index contributed by atoms with van der Waals surface area (Å²) < 4.78 is 6.31. The minimum atomic E-state index is -0.322. The van der Waals surface area contributed by atoms with Gasteiger partial charge in [0.25, 0.3) is 5.91 Å². The van der Waals surface area contributed by atoms with Crippen LogP contribution in [-0.2, 0) is 17.6 Å². The molecule has 1 heterocycles. The average molecular weight is 436 g/mol. The van der Waals surface area contributed by atoms with Crippen LogP contribution in [0.15, 0.2) is 28.7 Å². The fraction of sp³-hybridized carbons (Fsp3) is 0.400. The largest absolute Gasteiger partial charge is 0.462 e. The molecule has 0 spiro atoms. The lowest BCUT2D eigenvalue weighted by Crippen LogP contribution is -2.15. The summed E-state index contributed by atoms with van der Waals surface area (Å²) in [5, 5.41) is 3.56. The number of esters is 1. The molecule has 1 aliphatic carbocycles. The summed E-state index contributed by atoms with van der Waals surface area (Å²) in [4.78, 5) is 26.5. The number of hydrogen-bond acceptors (Lipinski definition) is 4. The van der Waals surface area contributed by atoms with Crippen LogP contribution >= 0.6 is 27.3 Å². The minimum absolute atomic E-state index is 0.210. The summed E-state index contributed by atoms with van der Waals surface area (Å²) in [6, 6.07) is 7.17. The molecule has 1 aliphatic rings. The standard InChI is InChI=1S/C20H22BrNO3S/c1-2-12-25-20(24)17-15-6-4-3-5-7-16(15)26-19(17)22-18(23)13-8-10-14(21)11-9-13/h8-11H,2-7,12H2,1H3,(H,22,23). The number of carbonyl (C=O) groups is 2. The maximum Gasteiger partial charge on any atom is 0.341 e. The van der Waals surface area contributed by atoms with E-state index < -0.39 is 0 Å². The Bertz CT molecular complexity index is 798. The van der Waals surface area contributed by atoms with Crippen LogP contribution in [0.2, 0.25) is 0 Å². The fourth-order valence-electron chi connectivity index (χ4n) is 3.09. The molecule has 0 saturated heterocycles. The molecule has 0 radical (unpaired) electrons. The molecule has 1 N–H and O–H groups in total. The van der Waals surface area contributed by atoms with E-state index in [1.165, 1.54) is 22.6 Å². The van der Waals surface area contributed by atoms with Gasteiger partial charge < -0.3 is 10.1 Å². The van der Waals surface area contributed by atoms with Crippen molar-refractivity contribution in [1.82, 2.24) is 0 Å². The van der Waals surface area contributed by atoms with Crippen molar-refractivity contribution in [2.75, 3.05) is 11.9 Å². The number of nitrogens with one attached hydrogen (secondary N) is 1. The minimum Gasteiger partial charge on any atom is -0.462 e. The van der Waals surface area contributed by atoms with Crippen LogP contribution in [-0.4, -0.2) is 18.5 Å². The molecule has 1 amide bonds. The maximum absolute atomic E-state index is 12.7. The van der Waals surface area contributed by atoms with Crippen LogP contribution in [0.4, 0.5) is 5.00 Å². The van der Waals surface area contributed by atoms with Crippen molar-refractivity contribution in [3.8, 4) is 0 Å². The number of thiophene rings is 1. The average Bonchev–Trinajstić information content (AvgIpc) is 2.81. The van der Waals surface area contributed by atoms with Crippen LogP contribution in [0, 0.1) is 0 Å². The molecule has 6 heteroatoms. The summed E-state index contributed by atoms with van der Waals surface area (Å²) in [5.41, 5.74) is 2.19. The SMILES string of the molecule is CCCOC(=O)c1c(NC(=O)c2ccc(Br)cc2)sc2c1CCCCC2. The van der Waals surface area contributed by atoms with E-state index in [9.17, 15) is 9.59 Å². The summed E-state index contributed by atoms with van der Waals surface area (Å²) in [5.74, 6) is -0.532. The molecule has 1 aromatic heterocycles. The molecule has 0 atom stereocenters. The van der Waals surface area contributed by atoms with Gasteiger partial charge in [0.05, 0.1) is 12.2 Å². The number of ether oxygens (including phenoxy) is 1. The molecule has 4 nitrogen and oxygen atoms in total. The van der Waals surface area contributed by atoms with Crippen LogP contribution in [0.1, 0.15) is 63.8 Å². The zero-order valence-corrected chi connectivity index (χ0v) is 17.2. The third-order valence-electron chi connectivity index (χ3n) is 4.40. The van der Waals surface area contributed by atoms with Gasteiger partial charge in [-0.25, -0.2) is 4.79 Å². The first-order chi connectivity index (χ1) is 12.6. The van der Waals surface area contributed by atoms with Crippen LogP contribution in [0.25, 0.3) is 0 Å². The number of rotatable bonds is 5. The molecule has 0 bridgehead atoms. The highest BCUT2D eigenvalue weighted by Crippen LogP contribution is 2.38.